The second-order valence-corrected chi connectivity index (χ2v) is 14.7. The topological polar surface area (TPSA) is 42.7 Å². The van der Waals surface area contributed by atoms with E-state index in [1.54, 1.807) is 11.3 Å². The van der Waals surface area contributed by atoms with Gasteiger partial charge in [-0.1, -0.05) is 103 Å². The maximum absolute atomic E-state index is 7.27. The zero-order chi connectivity index (χ0) is 34.6. The average molecular weight is 698 g/mol. The molecule has 0 aliphatic rings. The SMILES string of the molecule is c1ccc(-c2ccc(N(c3ccc4c(c3)oc3ccccc34)c3cccc4c3oc3ccccc34)c3oc4c(ccc5sc6ccccc6c54)c23)cc1. The number of rotatable bonds is 4. The van der Waals surface area contributed by atoms with Crippen molar-refractivity contribution in [3.63, 3.8) is 0 Å². The first kappa shape index (κ1) is 28.8. The summed E-state index contributed by atoms with van der Waals surface area (Å²) in [6.45, 7) is 0. The van der Waals surface area contributed by atoms with Gasteiger partial charge in [-0.15, -0.1) is 11.3 Å². The molecule has 0 fully saturated rings. The van der Waals surface area contributed by atoms with E-state index in [-0.39, 0.29) is 0 Å². The van der Waals surface area contributed by atoms with E-state index in [1.807, 2.05) is 24.3 Å². The molecule has 0 bridgehead atoms. The summed E-state index contributed by atoms with van der Waals surface area (Å²) in [5, 5.41) is 8.83. The average Bonchev–Trinajstić information content (AvgIpc) is 3.98. The fourth-order valence-electron chi connectivity index (χ4n) is 8.34. The monoisotopic (exact) mass is 697 g/mol. The highest BCUT2D eigenvalue weighted by Crippen LogP contribution is 2.50. The van der Waals surface area contributed by atoms with Gasteiger partial charge in [0.15, 0.2) is 11.2 Å². The van der Waals surface area contributed by atoms with Gasteiger partial charge in [-0.25, -0.2) is 0 Å². The fraction of sp³-hybridized carbons (Fsp3) is 0. The Bertz CT molecular complexity index is 3420. The first-order valence-electron chi connectivity index (χ1n) is 17.7. The number of hydrogen-bond acceptors (Lipinski definition) is 5. The Kier molecular flexibility index (Phi) is 5.90. The molecule has 0 aliphatic carbocycles. The standard InChI is InChI=1S/C48H27NO3S/c1-2-11-28(12-3-1)30-23-25-38(48-44(30)36-24-26-43-45(47(36)52-48)35-15-6-9-20-42(35)53-43)49(29-21-22-33-31-13-4-7-18-39(31)50-41(33)27-29)37-17-10-16-34-32-14-5-8-19-40(32)51-46(34)37/h1-27H. The number of thiophene rings is 1. The summed E-state index contributed by atoms with van der Waals surface area (Å²) in [7, 11) is 0. The van der Waals surface area contributed by atoms with Gasteiger partial charge in [-0.05, 0) is 65.7 Å². The highest BCUT2D eigenvalue weighted by Gasteiger charge is 2.26. The minimum Gasteiger partial charge on any atom is -0.456 e. The molecule has 12 aromatic rings. The van der Waals surface area contributed by atoms with Gasteiger partial charge in [0.2, 0.25) is 0 Å². The number of anilines is 3. The lowest BCUT2D eigenvalue weighted by molar-refractivity contribution is 0.666. The highest BCUT2D eigenvalue weighted by atomic mass is 32.1. The highest BCUT2D eigenvalue weighted by molar-refractivity contribution is 7.26. The molecule has 248 valence electrons. The predicted molar refractivity (Wildman–Crippen MR) is 221 cm³/mol. The quantitative estimate of drug-likeness (QED) is 0.184. The maximum Gasteiger partial charge on any atom is 0.160 e. The second kappa shape index (κ2) is 10.8. The van der Waals surface area contributed by atoms with Crippen LogP contribution in [0.1, 0.15) is 0 Å². The summed E-state index contributed by atoms with van der Waals surface area (Å²) in [5.41, 5.74) is 10.1. The molecule has 0 radical (unpaired) electrons. The van der Waals surface area contributed by atoms with Gasteiger partial charge in [0, 0.05) is 58.6 Å². The van der Waals surface area contributed by atoms with Crippen LogP contribution in [0.15, 0.2) is 177 Å². The van der Waals surface area contributed by atoms with Crippen LogP contribution in [-0.4, -0.2) is 0 Å². The first-order valence-corrected chi connectivity index (χ1v) is 18.6. The molecule has 0 unspecified atom stereocenters. The molecule has 0 aliphatic heterocycles. The Balaban J connectivity index is 1.22. The van der Waals surface area contributed by atoms with Crippen molar-refractivity contribution in [1.82, 2.24) is 0 Å². The molecule has 4 nitrogen and oxygen atoms in total. The van der Waals surface area contributed by atoms with Crippen molar-refractivity contribution in [2.24, 2.45) is 0 Å². The van der Waals surface area contributed by atoms with E-state index in [9.17, 15) is 0 Å². The van der Waals surface area contributed by atoms with Gasteiger partial charge in [-0.3, -0.25) is 0 Å². The largest absolute Gasteiger partial charge is 0.456 e. The minimum atomic E-state index is 0.806. The van der Waals surface area contributed by atoms with Crippen LogP contribution in [0.3, 0.4) is 0 Å². The van der Waals surface area contributed by atoms with E-state index >= 15 is 0 Å². The Hall–Kier alpha value is -6.82. The lowest BCUT2D eigenvalue weighted by atomic mass is 9.97. The van der Waals surface area contributed by atoms with Crippen molar-refractivity contribution in [1.29, 1.82) is 0 Å². The normalized spacial score (nSPS) is 12.2. The molecule has 8 aromatic carbocycles. The van der Waals surface area contributed by atoms with Crippen LogP contribution >= 0.6 is 11.3 Å². The van der Waals surface area contributed by atoms with Gasteiger partial charge >= 0.3 is 0 Å². The summed E-state index contributed by atoms with van der Waals surface area (Å²) in [6, 6.07) is 57.5. The van der Waals surface area contributed by atoms with Crippen molar-refractivity contribution in [2.45, 2.75) is 0 Å². The van der Waals surface area contributed by atoms with Gasteiger partial charge in [-0.2, -0.15) is 0 Å². The molecular weight excluding hydrogens is 671 g/mol. The Morgan fingerprint density at radius 1 is 0.377 bits per heavy atom. The molecule has 0 spiro atoms. The van der Waals surface area contributed by atoms with E-state index in [2.05, 4.69) is 144 Å². The van der Waals surface area contributed by atoms with Crippen LogP contribution in [0, 0.1) is 0 Å². The zero-order valence-electron chi connectivity index (χ0n) is 28.2. The molecule has 0 amide bonds. The summed E-state index contributed by atoms with van der Waals surface area (Å²) < 4.78 is 22.9. The number of benzene rings is 8. The first-order chi connectivity index (χ1) is 26.3. The van der Waals surface area contributed by atoms with Crippen molar-refractivity contribution in [3.8, 4) is 11.1 Å². The van der Waals surface area contributed by atoms with Crippen LogP contribution < -0.4 is 4.90 Å². The number of nitrogens with zero attached hydrogens (tertiary/aromatic N) is 1. The summed E-state index contributed by atoms with van der Waals surface area (Å²) in [6.07, 6.45) is 0. The summed E-state index contributed by atoms with van der Waals surface area (Å²) in [5.74, 6) is 0. The van der Waals surface area contributed by atoms with Crippen molar-refractivity contribution >= 4 is 114 Å². The Labute approximate surface area is 306 Å². The Morgan fingerprint density at radius 3 is 1.92 bits per heavy atom. The Morgan fingerprint density at radius 2 is 1.06 bits per heavy atom. The van der Waals surface area contributed by atoms with Crippen LogP contribution in [0.2, 0.25) is 0 Å². The maximum atomic E-state index is 7.27. The minimum absolute atomic E-state index is 0.806. The molecule has 53 heavy (non-hydrogen) atoms. The molecule has 0 saturated heterocycles. The van der Waals surface area contributed by atoms with E-state index in [4.69, 9.17) is 13.3 Å². The smallest absolute Gasteiger partial charge is 0.160 e. The third kappa shape index (κ3) is 4.11. The zero-order valence-corrected chi connectivity index (χ0v) is 29.0. The third-order valence-corrected chi connectivity index (χ3v) is 11.8. The van der Waals surface area contributed by atoms with Gasteiger partial charge in [0.1, 0.15) is 22.3 Å². The number of furan rings is 3. The van der Waals surface area contributed by atoms with Gasteiger partial charge < -0.3 is 18.2 Å². The molecule has 5 heteroatoms. The number of hydrogen-bond donors (Lipinski definition) is 0. The lowest BCUT2D eigenvalue weighted by Crippen LogP contribution is -2.10. The molecule has 4 aromatic heterocycles. The van der Waals surface area contributed by atoms with Crippen LogP contribution in [0.4, 0.5) is 17.1 Å². The lowest BCUT2D eigenvalue weighted by Gasteiger charge is -2.26. The van der Waals surface area contributed by atoms with Crippen molar-refractivity contribution < 1.29 is 13.3 Å². The molecule has 4 heterocycles. The molecule has 12 rings (SSSR count). The predicted octanol–water partition coefficient (Wildman–Crippen LogP) is 14.9. The van der Waals surface area contributed by atoms with Gasteiger partial charge in [0.05, 0.1) is 17.1 Å². The van der Waals surface area contributed by atoms with Crippen LogP contribution in [0.5, 0.6) is 0 Å². The third-order valence-electron chi connectivity index (χ3n) is 10.7. The van der Waals surface area contributed by atoms with E-state index in [0.717, 1.165) is 99.4 Å². The second-order valence-electron chi connectivity index (χ2n) is 13.6. The van der Waals surface area contributed by atoms with Crippen molar-refractivity contribution in [3.05, 3.63) is 164 Å². The summed E-state index contributed by atoms with van der Waals surface area (Å²) in [4.78, 5) is 2.28. The van der Waals surface area contributed by atoms with Crippen molar-refractivity contribution in [2.75, 3.05) is 4.90 Å². The van der Waals surface area contributed by atoms with E-state index in [1.165, 1.54) is 14.8 Å². The number of para-hydroxylation sites is 3. The molecule has 0 saturated carbocycles. The molecular formula is C48H27NO3S. The van der Waals surface area contributed by atoms with Gasteiger partial charge in [0.25, 0.3) is 0 Å². The van der Waals surface area contributed by atoms with E-state index in [0.29, 0.717) is 0 Å². The summed E-state index contributed by atoms with van der Waals surface area (Å²) >= 11 is 1.80. The van der Waals surface area contributed by atoms with Crippen LogP contribution in [-0.2, 0) is 0 Å². The molecule has 0 N–H and O–H groups in total. The van der Waals surface area contributed by atoms with Crippen LogP contribution in [0.25, 0.3) is 97.1 Å². The molecule has 0 atom stereocenters. The fourth-order valence-corrected chi connectivity index (χ4v) is 9.44. The number of fused-ring (bicyclic) bond motifs is 13. The van der Waals surface area contributed by atoms with E-state index < -0.39 is 0 Å².